The van der Waals surface area contributed by atoms with Gasteiger partial charge in [0.25, 0.3) is 0 Å². The minimum Gasteiger partial charge on any atom is -0.490 e. The molecule has 1 rings (SSSR count). The summed E-state index contributed by atoms with van der Waals surface area (Å²) in [5.41, 5.74) is 6.69. The summed E-state index contributed by atoms with van der Waals surface area (Å²) >= 11 is 0. The van der Waals surface area contributed by atoms with E-state index >= 15 is 0 Å². The molecule has 0 saturated carbocycles. The van der Waals surface area contributed by atoms with E-state index in [0.29, 0.717) is 19.8 Å². The van der Waals surface area contributed by atoms with Crippen molar-refractivity contribution >= 4 is 0 Å². The number of para-hydroxylation sites is 1. The summed E-state index contributed by atoms with van der Waals surface area (Å²) in [5.74, 6) is 1.60. The van der Waals surface area contributed by atoms with Crippen LogP contribution >= 0.6 is 0 Å². The first-order valence-electron chi connectivity index (χ1n) is 5.91. The van der Waals surface area contributed by atoms with Gasteiger partial charge in [-0.2, -0.15) is 0 Å². The normalized spacial score (nSPS) is 10.2. The Bertz CT molecular complexity index is 313. The molecule has 3 nitrogen and oxygen atoms in total. The quantitative estimate of drug-likeness (QED) is 0.723. The highest BCUT2D eigenvalue weighted by Gasteiger charge is 2.09. The van der Waals surface area contributed by atoms with Crippen molar-refractivity contribution in [1.82, 2.24) is 0 Å². The second-order valence-corrected chi connectivity index (χ2v) is 3.58. The van der Waals surface area contributed by atoms with Crippen molar-refractivity contribution in [3.63, 3.8) is 0 Å². The number of hydrogen-bond donors (Lipinski definition) is 1. The van der Waals surface area contributed by atoms with Gasteiger partial charge >= 0.3 is 0 Å². The van der Waals surface area contributed by atoms with Crippen LogP contribution in [0.1, 0.15) is 32.3 Å². The Hall–Kier alpha value is -1.22. The van der Waals surface area contributed by atoms with Gasteiger partial charge in [-0.15, -0.1) is 0 Å². The Labute approximate surface area is 97.6 Å². The topological polar surface area (TPSA) is 44.5 Å². The van der Waals surface area contributed by atoms with Crippen LogP contribution in [-0.2, 0) is 6.54 Å². The van der Waals surface area contributed by atoms with Gasteiger partial charge in [-0.25, -0.2) is 0 Å². The highest BCUT2D eigenvalue weighted by Crippen LogP contribution is 2.31. The van der Waals surface area contributed by atoms with Crippen molar-refractivity contribution in [2.24, 2.45) is 5.73 Å². The van der Waals surface area contributed by atoms with Crippen molar-refractivity contribution < 1.29 is 9.47 Å². The van der Waals surface area contributed by atoms with Gasteiger partial charge in [-0.05, 0) is 19.4 Å². The third kappa shape index (κ3) is 3.42. The van der Waals surface area contributed by atoms with E-state index in [0.717, 1.165) is 29.9 Å². The van der Waals surface area contributed by atoms with Crippen LogP contribution in [0, 0.1) is 0 Å². The van der Waals surface area contributed by atoms with E-state index in [2.05, 4.69) is 6.92 Å². The van der Waals surface area contributed by atoms with Gasteiger partial charge in [0.15, 0.2) is 11.5 Å². The number of benzene rings is 1. The molecule has 3 heteroatoms. The SMILES string of the molecule is CCCCOc1c(CN)cccc1OCC. The zero-order valence-corrected chi connectivity index (χ0v) is 10.2. The van der Waals surface area contributed by atoms with Crippen LogP contribution in [0.5, 0.6) is 11.5 Å². The van der Waals surface area contributed by atoms with Crippen molar-refractivity contribution in [1.29, 1.82) is 0 Å². The predicted molar refractivity (Wildman–Crippen MR) is 65.9 cm³/mol. The summed E-state index contributed by atoms with van der Waals surface area (Å²) in [6.45, 7) is 5.93. The van der Waals surface area contributed by atoms with Crippen molar-refractivity contribution in [2.45, 2.75) is 33.2 Å². The number of rotatable bonds is 7. The highest BCUT2D eigenvalue weighted by atomic mass is 16.5. The van der Waals surface area contributed by atoms with Gasteiger partial charge in [-0.1, -0.05) is 25.5 Å². The molecule has 16 heavy (non-hydrogen) atoms. The van der Waals surface area contributed by atoms with E-state index in [4.69, 9.17) is 15.2 Å². The van der Waals surface area contributed by atoms with Crippen LogP contribution < -0.4 is 15.2 Å². The van der Waals surface area contributed by atoms with Gasteiger partial charge in [0.1, 0.15) is 0 Å². The molecule has 0 radical (unpaired) electrons. The molecule has 0 heterocycles. The van der Waals surface area contributed by atoms with Gasteiger partial charge in [0.05, 0.1) is 13.2 Å². The van der Waals surface area contributed by atoms with E-state index in [1.807, 2.05) is 25.1 Å². The van der Waals surface area contributed by atoms with Crippen LogP contribution in [0.25, 0.3) is 0 Å². The molecule has 1 aromatic rings. The van der Waals surface area contributed by atoms with Crippen molar-refractivity contribution in [3.05, 3.63) is 23.8 Å². The molecule has 0 aromatic heterocycles. The molecule has 90 valence electrons. The second kappa shape index (κ2) is 7.12. The Balaban J connectivity index is 2.81. The smallest absolute Gasteiger partial charge is 0.165 e. The first-order chi connectivity index (χ1) is 7.83. The predicted octanol–water partition coefficient (Wildman–Crippen LogP) is 2.72. The van der Waals surface area contributed by atoms with Gasteiger partial charge in [0.2, 0.25) is 0 Å². The van der Waals surface area contributed by atoms with Crippen LogP contribution in [0.4, 0.5) is 0 Å². The molecule has 0 fully saturated rings. The lowest BCUT2D eigenvalue weighted by Crippen LogP contribution is -2.06. The lowest BCUT2D eigenvalue weighted by Gasteiger charge is -2.14. The molecule has 0 aliphatic heterocycles. The fourth-order valence-corrected chi connectivity index (χ4v) is 1.47. The average Bonchev–Trinajstić information content (AvgIpc) is 2.31. The number of unbranched alkanes of at least 4 members (excludes halogenated alkanes) is 1. The number of ether oxygens (including phenoxy) is 2. The number of nitrogens with two attached hydrogens (primary N) is 1. The Morgan fingerprint density at radius 2 is 2.00 bits per heavy atom. The monoisotopic (exact) mass is 223 g/mol. The third-order valence-corrected chi connectivity index (χ3v) is 2.32. The first kappa shape index (κ1) is 12.8. The fraction of sp³-hybridized carbons (Fsp3) is 0.538. The van der Waals surface area contributed by atoms with E-state index in [1.165, 1.54) is 0 Å². The van der Waals surface area contributed by atoms with E-state index in [1.54, 1.807) is 0 Å². The zero-order valence-electron chi connectivity index (χ0n) is 10.2. The summed E-state index contributed by atoms with van der Waals surface area (Å²) in [5, 5.41) is 0. The largest absolute Gasteiger partial charge is 0.490 e. The molecule has 0 spiro atoms. The average molecular weight is 223 g/mol. The Morgan fingerprint density at radius 1 is 1.19 bits per heavy atom. The Kier molecular flexibility index (Phi) is 5.72. The van der Waals surface area contributed by atoms with Crippen LogP contribution in [-0.4, -0.2) is 13.2 Å². The molecule has 2 N–H and O–H groups in total. The molecule has 0 aliphatic rings. The second-order valence-electron chi connectivity index (χ2n) is 3.58. The standard InChI is InChI=1S/C13H21NO2/c1-3-5-9-16-13-11(10-14)7-6-8-12(13)15-4-2/h6-8H,3-5,9-10,14H2,1-2H3. The van der Waals surface area contributed by atoms with E-state index < -0.39 is 0 Å². The molecule has 0 amide bonds. The third-order valence-electron chi connectivity index (χ3n) is 2.32. The molecule has 0 aliphatic carbocycles. The molecular weight excluding hydrogens is 202 g/mol. The van der Waals surface area contributed by atoms with Gasteiger partial charge < -0.3 is 15.2 Å². The maximum Gasteiger partial charge on any atom is 0.165 e. The molecular formula is C13H21NO2. The maximum atomic E-state index is 5.75. The lowest BCUT2D eigenvalue weighted by molar-refractivity contribution is 0.270. The van der Waals surface area contributed by atoms with Gasteiger partial charge in [0, 0.05) is 12.1 Å². The molecule has 0 bridgehead atoms. The van der Waals surface area contributed by atoms with Crippen molar-refractivity contribution in [2.75, 3.05) is 13.2 Å². The van der Waals surface area contributed by atoms with Crippen LogP contribution in [0.15, 0.2) is 18.2 Å². The number of hydrogen-bond acceptors (Lipinski definition) is 3. The molecule has 0 saturated heterocycles. The summed E-state index contributed by atoms with van der Waals surface area (Å²) in [6.07, 6.45) is 2.17. The fourth-order valence-electron chi connectivity index (χ4n) is 1.47. The minimum atomic E-state index is 0.475. The summed E-state index contributed by atoms with van der Waals surface area (Å²) in [4.78, 5) is 0. The zero-order chi connectivity index (χ0) is 11.8. The maximum absolute atomic E-state index is 5.75. The molecule has 0 unspecified atom stereocenters. The van der Waals surface area contributed by atoms with Crippen molar-refractivity contribution in [3.8, 4) is 11.5 Å². The van der Waals surface area contributed by atoms with Crippen LogP contribution in [0.2, 0.25) is 0 Å². The summed E-state index contributed by atoms with van der Waals surface area (Å²) < 4.78 is 11.3. The summed E-state index contributed by atoms with van der Waals surface area (Å²) in [7, 11) is 0. The van der Waals surface area contributed by atoms with E-state index in [9.17, 15) is 0 Å². The highest BCUT2D eigenvalue weighted by molar-refractivity contribution is 5.46. The molecule has 0 atom stereocenters. The summed E-state index contributed by atoms with van der Waals surface area (Å²) in [6, 6.07) is 5.84. The first-order valence-corrected chi connectivity index (χ1v) is 5.91. The minimum absolute atomic E-state index is 0.475. The lowest BCUT2D eigenvalue weighted by atomic mass is 10.2. The van der Waals surface area contributed by atoms with Crippen LogP contribution in [0.3, 0.4) is 0 Å². The molecule has 1 aromatic carbocycles. The van der Waals surface area contributed by atoms with E-state index in [-0.39, 0.29) is 0 Å². The van der Waals surface area contributed by atoms with Gasteiger partial charge in [-0.3, -0.25) is 0 Å². The Morgan fingerprint density at radius 3 is 2.62 bits per heavy atom.